The minimum atomic E-state index is -1.36. The minimum absolute atomic E-state index is 0.0358. The maximum Gasteiger partial charge on any atom is 0.341 e. The number of halogens is 1. The molecule has 5 rings (SSSR count). The Labute approximate surface area is 193 Å². The van der Waals surface area contributed by atoms with Gasteiger partial charge in [-0.1, -0.05) is 6.07 Å². The van der Waals surface area contributed by atoms with Crippen molar-refractivity contribution in [3.05, 3.63) is 58.3 Å². The predicted octanol–water partition coefficient (Wildman–Crippen LogP) is 2.59. The number of ether oxygens (including phenoxy) is 1. The molecule has 2 amide bonds. The number of nitrogens with zero attached hydrogens (tertiary/aromatic N) is 3. The summed E-state index contributed by atoms with van der Waals surface area (Å²) >= 11 is 0. The van der Waals surface area contributed by atoms with E-state index in [4.69, 9.17) is 4.74 Å². The lowest BCUT2D eigenvalue weighted by atomic mass is 10.1. The van der Waals surface area contributed by atoms with Crippen molar-refractivity contribution in [3.8, 4) is 5.75 Å². The SMILES string of the molecule is C[C@H]1COc2c(N3CC[C@H](NC(=O)Nc4ccccn4)C3)c(F)cc3c(=O)c(C(=O)O)cn1c23. The van der Waals surface area contributed by atoms with Gasteiger partial charge < -0.3 is 24.6 Å². The van der Waals surface area contributed by atoms with Crippen LogP contribution < -0.4 is 25.7 Å². The summed E-state index contributed by atoms with van der Waals surface area (Å²) in [6.45, 7) is 2.82. The first-order valence-corrected chi connectivity index (χ1v) is 10.8. The summed E-state index contributed by atoms with van der Waals surface area (Å²) in [6, 6.07) is 5.35. The van der Waals surface area contributed by atoms with Gasteiger partial charge in [0, 0.05) is 31.5 Å². The Morgan fingerprint density at radius 2 is 2.15 bits per heavy atom. The third-order valence-corrected chi connectivity index (χ3v) is 6.12. The number of aromatic carboxylic acids is 1. The number of urea groups is 1. The van der Waals surface area contributed by atoms with Crippen molar-refractivity contribution < 1.29 is 23.8 Å². The summed E-state index contributed by atoms with van der Waals surface area (Å²) in [4.78, 5) is 42.4. The molecule has 0 unspecified atom stereocenters. The zero-order valence-corrected chi connectivity index (χ0v) is 18.2. The number of aromatic nitrogens is 2. The van der Waals surface area contributed by atoms with E-state index < -0.39 is 28.8 Å². The molecule has 0 aliphatic carbocycles. The molecule has 1 fully saturated rings. The highest BCUT2D eigenvalue weighted by molar-refractivity contribution is 5.97. The van der Waals surface area contributed by atoms with Gasteiger partial charge in [0.05, 0.1) is 16.9 Å². The van der Waals surface area contributed by atoms with Gasteiger partial charge in [-0.25, -0.2) is 19.0 Å². The molecular formula is C23H22FN5O5. The van der Waals surface area contributed by atoms with Crippen LogP contribution in [-0.4, -0.2) is 52.4 Å². The Bertz CT molecular complexity index is 1360. The maximum atomic E-state index is 15.3. The van der Waals surface area contributed by atoms with Crippen LogP contribution in [0.3, 0.4) is 0 Å². The highest BCUT2D eigenvalue weighted by Crippen LogP contribution is 2.42. The van der Waals surface area contributed by atoms with Gasteiger partial charge in [-0.15, -0.1) is 0 Å². The smallest absolute Gasteiger partial charge is 0.341 e. The van der Waals surface area contributed by atoms with Gasteiger partial charge in [0.15, 0.2) is 11.6 Å². The summed E-state index contributed by atoms with van der Waals surface area (Å²) in [5.41, 5.74) is -0.599. The number of carboxylic acids is 1. The van der Waals surface area contributed by atoms with Crippen molar-refractivity contribution in [1.29, 1.82) is 0 Å². The Morgan fingerprint density at radius 1 is 1.32 bits per heavy atom. The standard InChI is InChI=1S/C23H22FN5O5/c1-12-11-34-21-18-14(20(30)15(22(31)32)10-29(12)18)8-16(24)19(21)28-7-5-13(9-28)26-23(33)27-17-4-2-3-6-25-17/h2-4,6,8,10,12-13H,5,7,9,11H2,1H3,(H,31,32)(H2,25,26,27,33)/t12-,13-/m0/s1. The van der Waals surface area contributed by atoms with E-state index in [0.717, 1.165) is 6.07 Å². The van der Waals surface area contributed by atoms with Gasteiger partial charge >= 0.3 is 12.0 Å². The lowest BCUT2D eigenvalue weighted by Crippen LogP contribution is -2.40. The number of pyridine rings is 2. The quantitative estimate of drug-likeness (QED) is 0.538. The highest BCUT2D eigenvalue weighted by Gasteiger charge is 2.33. The molecule has 3 aromatic rings. The molecule has 4 heterocycles. The molecule has 10 nitrogen and oxygen atoms in total. The van der Waals surface area contributed by atoms with Gasteiger partial charge in [-0.3, -0.25) is 10.1 Å². The van der Waals surface area contributed by atoms with Crippen LogP contribution in [0.2, 0.25) is 0 Å². The van der Waals surface area contributed by atoms with Gasteiger partial charge in [0.1, 0.15) is 23.7 Å². The number of carboxylic acid groups (broad SMARTS) is 1. The van der Waals surface area contributed by atoms with Crippen molar-refractivity contribution >= 4 is 34.4 Å². The van der Waals surface area contributed by atoms with Crippen LogP contribution in [-0.2, 0) is 0 Å². The molecule has 2 aromatic heterocycles. The Balaban J connectivity index is 1.45. The fraction of sp³-hybridized carbons (Fsp3) is 0.304. The lowest BCUT2D eigenvalue weighted by molar-refractivity contribution is 0.0694. The molecule has 2 atom stereocenters. The second-order valence-electron chi connectivity index (χ2n) is 8.42. The van der Waals surface area contributed by atoms with E-state index >= 15 is 4.39 Å². The normalized spacial score (nSPS) is 19.1. The van der Waals surface area contributed by atoms with Crippen molar-refractivity contribution in [1.82, 2.24) is 14.9 Å². The Morgan fingerprint density at radius 3 is 2.88 bits per heavy atom. The van der Waals surface area contributed by atoms with Crippen LogP contribution in [0.5, 0.6) is 5.75 Å². The van der Waals surface area contributed by atoms with Crippen molar-refractivity contribution in [2.75, 3.05) is 29.9 Å². The van der Waals surface area contributed by atoms with E-state index in [9.17, 15) is 19.5 Å². The first-order valence-electron chi connectivity index (χ1n) is 10.8. The number of amides is 2. The molecule has 3 N–H and O–H groups in total. The third kappa shape index (κ3) is 3.68. The molecule has 2 aliphatic rings. The summed E-state index contributed by atoms with van der Waals surface area (Å²) in [5.74, 6) is -1.42. The average Bonchev–Trinajstić information content (AvgIpc) is 3.25. The number of rotatable bonds is 4. The van der Waals surface area contributed by atoms with E-state index in [1.54, 1.807) is 33.9 Å². The van der Waals surface area contributed by atoms with Crippen molar-refractivity contribution in [2.45, 2.75) is 25.4 Å². The second-order valence-corrected chi connectivity index (χ2v) is 8.42. The number of anilines is 2. The van der Waals surface area contributed by atoms with Crippen LogP contribution in [0, 0.1) is 5.82 Å². The van der Waals surface area contributed by atoms with Gasteiger partial charge in [0.2, 0.25) is 5.43 Å². The molecule has 2 aliphatic heterocycles. The topological polar surface area (TPSA) is 126 Å². The van der Waals surface area contributed by atoms with E-state index in [1.165, 1.54) is 6.20 Å². The number of nitrogens with one attached hydrogen (secondary N) is 2. The number of benzene rings is 1. The van der Waals surface area contributed by atoms with E-state index in [-0.39, 0.29) is 35.5 Å². The summed E-state index contributed by atoms with van der Waals surface area (Å²) in [6.07, 6.45) is 3.44. The summed E-state index contributed by atoms with van der Waals surface area (Å²) in [5, 5.41) is 14.9. The molecule has 0 radical (unpaired) electrons. The first-order chi connectivity index (χ1) is 16.3. The summed E-state index contributed by atoms with van der Waals surface area (Å²) in [7, 11) is 0. The highest BCUT2D eigenvalue weighted by atomic mass is 19.1. The molecular weight excluding hydrogens is 445 g/mol. The molecule has 1 aromatic carbocycles. The van der Waals surface area contributed by atoms with Crippen LogP contribution in [0.4, 0.5) is 20.7 Å². The van der Waals surface area contributed by atoms with Crippen LogP contribution in [0.25, 0.3) is 10.9 Å². The number of hydrogen-bond acceptors (Lipinski definition) is 6. The molecule has 1 saturated heterocycles. The van der Waals surface area contributed by atoms with E-state index in [1.807, 2.05) is 6.92 Å². The van der Waals surface area contributed by atoms with E-state index in [0.29, 0.717) is 30.8 Å². The zero-order valence-electron chi connectivity index (χ0n) is 18.2. The average molecular weight is 467 g/mol. The largest absolute Gasteiger partial charge is 0.487 e. The Hall–Kier alpha value is -4.15. The van der Waals surface area contributed by atoms with Gasteiger partial charge in [-0.2, -0.15) is 0 Å². The molecule has 34 heavy (non-hydrogen) atoms. The summed E-state index contributed by atoms with van der Waals surface area (Å²) < 4.78 is 22.9. The fourth-order valence-electron chi connectivity index (χ4n) is 4.51. The Kier molecular flexibility index (Phi) is 5.31. The van der Waals surface area contributed by atoms with E-state index in [2.05, 4.69) is 15.6 Å². The number of carbonyl (C=O) groups is 2. The fourth-order valence-corrected chi connectivity index (χ4v) is 4.51. The predicted molar refractivity (Wildman–Crippen MR) is 122 cm³/mol. The maximum absolute atomic E-state index is 15.3. The molecule has 176 valence electrons. The van der Waals surface area contributed by atoms with Crippen LogP contribution >= 0.6 is 0 Å². The van der Waals surface area contributed by atoms with Gasteiger partial charge in [-0.05, 0) is 31.5 Å². The third-order valence-electron chi connectivity index (χ3n) is 6.12. The van der Waals surface area contributed by atoms with Crippen LogP contribution in [0.15, 0.2) is 41.5 Å². The molecule has 0 spiro atoms. The minimum Gasteiger partial charge on any atom is -0.487 e. The second kappa shape index (κ2) is 8.32. The number of hydrogen-bond donors (Lipinski definition) is 3. The monoisotopic (exact) mass is 467 g/mol. The molecule has 0 bridgehead atoms. The lowest BCUT2D eigenvalue weighted by Gasteiger charge is -2.31. The molecule has 0 saturated carbocycles. The van der Waals surface area contributed by atoms with Crippen LogP contribution in [0.1, 0.15) is 29.7 Å². The first kappa shape index (κ1) is 21.7. The number of carbonyl (C=O) groups excluding carboxylic acids is 1. The van der Waals surface area contributed by atoms with Crippen molar-refractivity contribution in [3.63, 3.8) is 0 Å². The zero-order chi connectivity index (χ0) is 24.0. The van der Waals surface area contributed by atoms with Crippen molar-refractivity contribution in [2.24, 2.45) is 0 Å². The van der Waals surface area contributed by atoms with Gasteiger partial charge in [0.25, 0.3) is 0 Å². The molecule has 11 heteroatoms.